The van der Waals surface area contributed by atoms with Gasteiger partial charge < -0.3 is 10.0 Å². The number of amides is 1. The fourth-order valence-electron chi connectivity index (χ4n) is 3.15. The first kappa shape index (κ1) is 23.3. The largest absolute Gasteiger partial charge is 0.490 e. The molecular formula is C21H19F3N4O3S. The topological polar surface area (TPSA) is 96.3 Å². The number of carbonyl (C=O) groups excluding carboxylic acids is 1. The van der Waals surface area contributed by atoms with Gasteiger partial charge in [-0.3, -0.25) is 9.78 Å². The van der Waals surface area contributed by atoms with Crippen LogP contribution in [-0.2, 0) is 17.6 Å². The van der Waals surface area contributed by atoms with Crippen LogP contribution in [0.5, 0.6) is 0 Å². The molecule has 4 heterocycles. The van der Waals surface area contributed by atoms with Crippen molar-refractivity contribution in [1.29, 1.82) is 0 Å². The Morgan fingerprint density at radius 1 is 1.09 bits per heavy atom. The first-order valence-electron chi connectivity index (χ1n) is 9.54. The summed E-state index contributed by atoms with van der Waals surface area (Å²) < 4.78 is 31.7. The Hall–Kier alpha value is -3.34. The standard InChI is InChI=1S/C19H18N4OS.C2HF3O2/c1-13-2-3-14(10-20-13)19(24)23-7-4-16-17(5-8-23)21-12-22-18(16)15-6-9-25-11-15;3-2(4,5)1(6)7/h2-3,6,9-12H,4-5,7-8H2,1H3;(H,6,7). The summed E-state index contributed by atoms with van der Waals surface area (Å²) in [5.41, 5.74) is 5.90. The summed E-state index contributed by atoms with van der Waals surface area (Å²) in [6.07, 6.45) is -0.272. The first-order chi connectivity index (χ1) is 15.2. The minimum Gasteiger partial charge on any atom is -0.475 e. The number of nitrogens with zero attached hydrogens (tertiary/aromatic N) is 4. The molecule has 168 valence electrons. The van der Waals surface area contributed by atoms with Crippen molar-refractivity contribution in [2.75, 3.05) is 13.1 Å². The second-order valence-corrected chi connectivity index (χ2v) is 7.72. The smallest absolute Gasteiger partial charge is 0.475 e. The zero-order valence-corrected chi connectivity index (χ0v) is 17.8. The van der Waals surface area contributed by atoms with Gasteiger partial charge in [-0.05, 0) is 36.9 Å². The molecule has 0 atom stereocenters. The fraction of sp³-hybridized carbons (Fsp3) is 0.286. The highest BCUT2D eigenvalue weighted by atomic mass is 32.1. The van der Waals surface area contributed by atoms with Crippen molar-refractivity contribution in [3.8, 4) is 11.3 Å². The van der Waals surface area contributed by atoms with Gasteiger partial charge in [-0.1, -0.05) is 0 Å². The summed E-state index contributed by atoms with van der Waals surface area (Å²) in [6.45, 7) is 3.26. The van der Waals surface area contributed by atoms with Gasteiger partial charge in [0.25, 0.3) is 5.91 Å². The maximum atomic E-state index is 12.8. The lowest BCUT2D eigenvalue weighted by molar-refractivity contribution is -0.192. The molecule has 0 aromatic carbocycles. The molecular weight excluding hydrogens is 445 g/mol. The van der Waals surface area contributed by atoms with Crippen molar-refractivity contribution in [2.45, 2.75) is 25.9 Å². The number of hydrogen-bond donors (Lipinski definition) is 1. The number of halogens is 3. The third-order valence-corrected chi connectivity index (χ3v) is 5.45. The molecule has 3 aromatic heterocycles. The zero-order chi connectivity index (χ0) is 23.3. The van der Waals surface area contributed by atoms with Crippen LogP contribution in [0.25, 0.3) is 11.3 Å². The summed E-state index contributed by atoms with van der Waals surface area (Å²) >= 11 is 1.66. The number of aliphatic carboxylic acids is 1. The Bertz CT molecular complexity index is 1090. The van der Waals surface area contributed by atoms with Crippen molar-refractivity contribution in [3.05, 3.63) is 64.0 Å². The first-order valence-corrected chi connectivity index (χ1v) is 10.5. The molecule has 1 amide bonds. The number of thiophene rings is 1. The Balaban J connectivity index is 0.000000360. The van der Waals surface area contributed by atoms with Gasteiger partial charge >= 0.3 is 12.1 Å². The van der Waals surface area contributed by atoms with E-state index in [1.807, 2.05) is 24.0 Å². The number of carboxylic acids is 1. The highest BCUT2D eigenvalue weighted by molar-refractivity contribution is 7.08. The van der Waals surface area contributed by atoms with Gasteiger partial charge in [-0.25, -0.2) is 14.8 Å². The number of aromatic nitrogens is 3. The number of pyridine rings is 1. The second-order valence-electron chi connectivity index (χ2n) is 6.94. The van der Waals surface area contributed by atoms with E-state index in [1.54, 1.807) is 23.9 Å². The van der Waals surface area contributed by atoms with E-state index in [1.165, 1.54) is 5.56 Å². The molecule has 1 aliphatic rings. The lowest BCUT2D eigenvalue weighted by Crippen LogP contribution is -2.33. The number of alkyl halides is 3. The lowest BCUT2D eigenvalue weighted by Gasteiger charge is -2.20. The summed E-state index contributed by atoms with van der Waals surface area (Å²) in [6, 6.07) is 5.80. The highest BCUT2D eigenvalue weighted by Gasteiger charge is 2.38. The van der Waals surface area contributed by atoms with E-state index in [0.29, 0.717) is 18.7 Å². The van der Waals surface area contributed by atoms with Crippen LogP contribution in [0.2, 0.25) is 0 Å². The van der Waals surface area contributed by atoms with Crippen LogP contribution < -0.4 is 0 Å². The number of fused-ring (bicyclic) bond motifs is 1. The Morgan fingerprint density at radius 3 is 2.41 bits per heavy atom. The molecule has 0 unspecified atom stereocenters. The van der Waals surface area contributed by atoms with Crippen LogP contribution in [0.15, 0.2) is 41.5 Å². The Kier molecular flexibility index (Phi) is 7.18. The number of aryl methyl sites for hydroxylation is 1. The monoisotopic (exact) mass is 464 g/mol. The van der Waals surface area contributed by atoms with Crippen LogP contribution in [0.4, 0.5) is 13.2 Å². The van der Waals surface area contributed by atoms with Crippen LogP contribution in [0.3, 0.4) is 0 Å². The molecule has 4 rings (SSSR count). The van der Waals surface area contributed by atoms with E-state index in [2.05, 4.69) is 31.8 Å². The third-order valence-electron chi connectivity index (χ3n) is 4.77. The van der Waals surface area contributed by atoms with Gasteiger partial charge in [0.15, 0.2) is 0 Å². The fourth-order valence-corrected chi connectivity index (χ4v) is 3.79. The zero-order valence-electron chi connectivity index (χ0n) is 17.0. The molecule has 1 aliphatic heterocycles. The van der Waals surface area contributed by atoms with Gasteiger partial charge in [-0.2, -0.15) is 24.5 Å². The van der Waals surface area contributed by atoms with Gasteiger partial charge in [0, 0.05) is 53.6 Å². The molecule has 0 fully saturated rings. The van der Waals surface area contributed by atoms with Gasteiger partial charge in [0.2, 0.25) is 0 Å². The number of carbonyl (C=O) groups is 2. The molecule has 0 aliphatic carbocycles. The summed E-state index contributed by atoms with van der Waals surface area (Å²) in [5.74, 6) is -2.72. The van der Waals surface area contributed by atoms with E-state index < -0.39 is 12.1 Å². The van der Waals surface area contributed by atoms with Crippen LogP contribution in [0, 0.1) is 6.92 Å². The van der Waals surface area contributed by atoms with Gasteiger partial charge in [-0.15, -0.1) is 0 Å². The maximum absolute atomic E-state index is 12.8. The molecule has 11 heteroatoms. The van der Waals surface area contributed by atoms with E-state index in [9.17, 15) is 18.0 Å². The number of rotatable bonds is 2. The normalized spacial score (nSPS) is 13.4. The molecule has 0 saturated carbocycles. The van der Waals surface area contributed by atoms with Crippen molar-refractivity contribution in [2.24, 2.45) is 0 Å². The molecule has 0 bridgehead atoms. The van der Waals surface area contributed by atoms with Crippen molar-refractivity contribution >= 4 is 23.2 Å². The SMILES string of the molecule is Cc1ccc(C(=O)N2CCc3ncnc(-c4ccsc4)c3CC2)cn1.O=C(O)C(F)(F)F. The van der Waals surface area contributed by atoms with Crippen LogP contribution >= 0.6 is 11.3 Å². The number of hydrogen-bond acceptors (Lipinski definition) is 6. The maximum Gasteiger partial charge on any atom is 0.490 e. The Morgan fingerprint density at radius 2 is 1.81 bits per heavy atom. The molecule has 0 saturated heterocycles. The van der Waals surface area contributed by atoms with E-state index in [4.69, 9.17) is 9.90 Å². The Labute approximate surface area is 185 Å². The predicted molar refractivity (Wildman–Crippen MR) is 111 cm³/mol. The van der Waals surface area contributed by atoms with E-state index in [0.717, 1.165) is 35.5 Å². The third kappa shape index (κ3) is 5.67. The molecule has 0 radical (unpaired) electrons. The quantitative estimate of drug-likeness (QED) is 0.620. The summed E-state index contributed by atoms with van der Waals surface area (Å²) in [7, 11) is 0. The van der Waals surface area contributed by atoms with Crippen molar-refractivity contribution in [1.82, 2.24) is 19.9 Å². The molecule has 0 spiro atoms. The van der Waals surface area contributed by atoms with E-state index >= 15 is 0 Å². The van der Waals surface area contributed by atoms with E-state index in [-0.39, 0.29) is 5.91 Å². The summed E-state index contributed by atoms with van der Waals surface area (Å²) in [5, 5.41) is 11.3. The van der Waals surface area contributed by atoms with Gasteiger partial charge in [0.1, 0.15) is 6.33 Å². The summed E-state index contributed by atoms with van der Waals surface area (Å²) in [4.78, 5) is 36.8. The minimum absolute atomic E-state index is 0.0327. The van der Waals surface area contributed by atoms with Crippen molar-refractivity contribution < 1.29 is 27.9 Å². The number of carboxylic acid groups (broad SMARTS) is 1. The molecule has 3 aromatic rings. The molecule has 7 nitrogen and oxygen atoms in total. The van der Waals surface area contributed by atoms with Crippen molar-refractivity contribution in [3.63, 3.8) is 0 Å². The minimum atomic E-state index is -5.08. The van der Waals surface area contributed by atoms with Gasteiger partial charge in [0.05, 0.1) is 11.3 Å². The van der Waals surface area contributed by atoms with Crippen LogP contribution in [-0.4, -0.2) is 56.1 Å². The second kappa shape index (κ2) is 9.86. The average Bonchev–Trinajstić information content (AvgIpc) is 3.20. The van der Waals surface area contributed by atoms with Crippen LogP contribution in [0.1, 0.15) is 27.3 Å². The highest BCUT2D eigenvalue weighted by Crippen LogP contribution is 2.27. The lowest BCUT2D eigenvalue weighted by atomic mass is 10.0. The molecule has 1 N–H and O–H groups in total. The average molecular weight is 464 g/mol. The predicted octanol–water partition coefficient (Wildman–Crippen LogP) is 3.78. The molecule has 32 heavy (non-hydrogen) atoms.